The zero-order valence-electron chi connectivity index (χ0n) is 14.4. The quantitative estimate of drug-likeness (QED) is 0.696. The predicted octanol–water partition coefficient (Wildman–Crippen LogP) is 5.45. The molecule has 0 bridgehead atoms. The van der Waals surface area contributed by atoms with Gasteiger partial charge in [-0.25, -0.2) is 0 Å². The van der Waals surface area contributed by atoms with E-state index in [1.165, 1.54) is 5.56 Å². The number of hydrogen-bond acceptors (Lipinski definition) is 1. The SMILES string of the molecule is C=C/C=C(\C(=C)Cl)C1CCC2(C)C(=O)NCC2C1c1ccc(Cl)cc1. The topological polar surface area (TPSA) is 29.1 Å². The number of fused-ring (bicyclic) bond motifs is 1. The van der Waals surface area contributed by atoms with Crippen molar-refractivity contribution in [1.82, 2.24) is 5.32 Å². The Morgan fingerprint density at radius 1 is 1.36 bits per heavy atom. The minimum atomic E-state index is -0.340. The number of hydrogen-bond donors (Lipinski definition) is 1. The second kappa shape index (κ2) is 7.01. The molecule has 0 radical (unpaired) electrons. The maximum Gasteiger partial charge on any atom is 0.226 e. The highest BCUT2D eigenvalue weighted by atomic mass is 35.5. The fourth-order valence-corrected chi connectivity index (χ4v) is 4.91. The van der Waals surface area contributed by atoms with Gasteiger partial charge in [-0.05, 0) is 53.9 Å². The molecule has 2 fully saturated rings. The van der Waals surface area contributed by atoms with Crippen LogP contribution in [0.4, 0.5) is 0 Å². The molecule has 2 nitrogen and oxygen atoms in total. The monoisotopic (exact) mass is 375 g/mol. The van der Waals surface area contributed by atoms with Crippen LogP contribution in [0.3, 0.4) is 0 Å². The molecule has 1 aliphatic carbocycles. The van der Waals surface area contributed by atoms with Crippen LogP contribution in [0.2, 0.25) is 5.02 Å². The number of nitrogens with one attached hydrogen (secondary N) is 1. The van der Waals surface area contributed by atoms with Crippen molar-refractivity contribution in [2.75, 3.05) is 6.54 Å². The van der Waals surface area contributed by atoms with Crippen LogP contribution in [0.15, 0.2) is 60.2 Å². The van der Waals surface area contributed by atoms with Crippen molar-refractivity contribution in [3.05, 3.63) is 70.8 Å². The van der Waals surface area contributed by atoms with Crippen molar-refractivity contribution in [1.29, 1.82) is 0 Å². The fourth-order valence-electron chi connectivity index (χ4n) is 4.58. The first-order valence-electron chi connectivity index (χ1n) is 8.59. The molecule has 4 unspecified atom stereocenters. The van der Waals surface area contributed by atoms with Crippen molar-refractivity contribution in [3.8, 4) is 0 Å². The zero-order valence-corrected chi connectivity index (χ0v) is 15.9. The number of benzene rings is 1. The van der Waals surface area contributed by atoms with Crippen LogP contribution >= 0.6 is 23.2 Å². The van der Waals surface area contributed by atoms with Gasteiger partial charge >= 0.3 is 0 Å². The van der Waals surface area contributed by atoms with E-state index in [-0.39, 0.29) is 29.1 Å². The summed E-state index contributed by atoms with van der Waals surface area (Å²) in [4.78, 5) is 12.5. The van der Waals surface area contributed by atoms with Gasteiger partial charge in [0.25, 0.3) is 0 Å². The largest absolute Gasteiger partial charge is 0.355 e. The first kappa shape index (κ1) is 18.3. The first-order chi connectivity index (χ1) is 11.9. The highest BCUT2D eigenvalue weighted by Gasteiger charge is 2.55. The average Bonchev–Trinajstić information content (AvgIpc) is 2.88. The van der Waals surface area contributed by atoms with E-state index >= 15 is 0 Å². The number of halogens is 2. The van der Waals surface area contributed by atoms with Crippen molar-refractivity contribution < 1.29 is 4.79 Å². The van der Waals surface area contributed by atoms with Crippen LogP contribution in [-0.2, 0) is 4.79 Å². The Balaban J connectivity index is 2.10. The van der Waals surface area contributed by atoms with Crippen molar-refractivity contribution in [2.45, 2.75) is 25.7 Å². The Bertz CT molecular complexity index is 737. The van der Waals surface area contributed by atoms with E-state index in [9.17, 15) is 4.79 Å². The van der Waals surface area contributed by atoms with Crippen molar-refractivity contribution >= 4 is 29.1 Å². The molecular weight excluding hydrogens is 353 g/mol. The first-order valence-corrected chi connectivity index (χ1v) is 9.35. The Morgan fingerprint density at radius 2 is 2.04 bits per heavy atom. The second-order valence-electron chi connectivity index (χ2n) is 7.22. The van der Waals surface area contributed by atoms with E-state index in [4.69, 9.17) is 23.2 Å². The molecule has 1 aliphatic heterocycles. The van der Waals surface area contributed by atoms with Gasteiger partial charge in [0.1, 0.15) is 0 Å². The third-order valence-electron chi connectivity index (χ3n) is 5.93. The van der Waals surface area contributed by atoms with E-state index < -0.39 is 0 Å². The summed E-state index contributed by atoms with van der Waals surface area (Å²) in [5.74, 6) is 0.754. The fraction of sp³-hybridized carbons (Fsp3) is 0.381. The van der Waals surface area contributed by atoms with Crippen LogP contribution in [0, 0.1) is 17.3 Å². The summed E-state index contributed by atoms with van der Waals surface area (Å²) in [5.41, 5.74) is 1.86. The van der Waals surface area contributed by atoms with E-state index in [2.05, 4.69) is 37.5 Å². The average molecular weight is 376 g/mol. The number of carbonyl (C=O) groups excluding carboxylic acids is 1. The minimum Gasteiger partial charge on any atom is -0.355 e. The van der Waals surface area contributed by atoms with E-state index in [0.717, 1.165) is 18.4 Å². The molecule has 1 heterocycles. The lowest BCUT2D eigenvalue weighted by atomic mass is 9.57. The molecule has 4 atom stereocenters. The summed E-state index contributed by atoms with van der Waals surface area (Å²) < 4.78 is 0. The van der Waals surface area contributed by atoms with Crippen LogP contribution in [0.1, 0.15) is 31.2 Å². The molecular formula is C21H23Cl2NO. The predicted molar refractivity (Wildman–Crippen MR) is 105 cm³/mol. The summed E-state index contributed by atoms with van der Waals surface area (Å²) in [6.45, 7) is 10.6. The summed E-state index contributed by atoms with van der Waals surface area (Å²) in [7, 11) is 0. The normalized spacial score (nSPS) is 32.0. The highest BCUT2D eigenvalue weighted by Crippen LogP contribution is 2.56. The third-order valence-corrected chi connectivity index (χ3v) is 6.40. The molecule has 1 aromatic rings. The number of rotatable bonds is 4. The Labute approximate surface area is 159 Å². The van der Waals surface area contributed by atoms with E-state index in [0.29, 0.717) is 16.6 Å². The van der Waals surface area contributed by atoms with Gasteiger partial charge in [0, 0.05) is 16.6 Å². The van der Waals surface area contributed by atoms with Gasteiger partial charge in [0.15, 0.2) is 0 Å². The molecule has 0 aromatic heterocycles. The molecule has 1 N–H and O–H groups in total. The Hall–Kier alpha value is -1.51. The maximum absolute atomic E-state index is 12.5. The smallest absolute Gasteiger partial charge is 0.226 e. The number of allylic oxidation sites excluding steroid dienone is 4. The molecule has 0 spiro atoms. The third kappa shape index (κ3) is 3.18. The molecule has 1 amide bonds. The van der Waals surface area contributed by atoms with E-state index in [1.807, 2.05) is 18.2 Å². The summed E-state index contributed by atoms with van der Waals surface area (Å²) in [6.07, 6.45) is 5.44. The standard InChI is InChI=1S/C21H23Cl2NO/c1-4-5-16(13(2)22)17-10-11-21(3)18(12-24-20(21)25)19(17)14-6-8-15(23)9-7-14/h4-9,17-19H,1-2,10-12H2,3H3,(H,24,25)/b16-5+. The molecule has 1 saturated heterocycles. The summed E-state index contributed by atoms with van der Waals surface area (Å²) >= 11 is 12.4. The van der Waals surface area contributed by atoms with Gasteiger partial charge in [0.2, 0.25) is 5.91 Å². The molecule has 25 heavy (non-hydrogen) atoms. The van der Waals surface area contributed by atoms with Crippen LogP contribution in [0.25, 0.3) is 0 Å². The Kier molecular flexibility index (Phi) is 5.13. The molecule has 2 aliphatic rings. The lowest BCUT2D eigenvalue weighted by Crippen LogP contribution is -2.42. The molecule has 1 aromatic carbocycles. The van der Waals surface area contributed by atoms with Gasteiger partial charge in [-0.15, -0.1) is 0 Å². The molecule has 1 saturated carbocycles. The van der Waals surface area contributed by atoms with Crippen molar-refractivity contribution in [2.24, 2.45) is 17.3 Å². The maximum atomic E-state index is 12.5. The Morgan fingerprint density at radius 3 is 2.64 bits per heavy atom. The van der Waals surface area contributed by atoms with Gasteiger partial charge in [0.05, 0.1) is 5.41 Å². The summed E-state index contributed by atoms with van der Waals surface area (Å²) in [6, 6.07) is 7.96. The lowest BCUT2D eigenvalue weighted by molar-refractivity contribution is -0.130. The minimum absolute atomic E-state index is 0.161. The number of carbonyl (C=O) groups is 1. The van der Waals surface area contributed by atoms with E-state index in [1.54, 1.807) is 6.08 Å². The van der Waals surface area contributed by atoms with Crippen LogP contribution < -0.4 is 5.32 Å². The molecule has 3 rings (SSSR count). The molecule has 4 heteroatoms. The van der Waals surface area contributed by atoms with Crippen LogP contribution in [-0.4, -0.2) is 12.5 Å². The van der Waals surface area contributed by atoms with Crippen LogP contribution in [0.5, 0.6) is 0 Å². The van der Waals surface area contributed by atoms with Gasteiger partial charge < -0.3 is 5.32 Å². The second-order valence-corrected chi connectivity index (χ2v) is 8.11. The zero-order chi connectivity index (χ0) is 18.2. The van der Waals surface area contributed by atoms with Gasteiger partial charge in [-0.2, -0.15) is 0 Å². The van der Waals surface area contributed by atoms with Gasteiger partial charge in [-0.3, -0.25) is 4.79 Å². The lowest BCUT2D eigenvalue weighted by Gasteiger charge is -2.45. The summed E-state index contributed by atoms with van der Waals surface area (Å²) in [5, 5.41) is 4.33. The van der Waals surface area contributed by atoms with Gasteiger partial charge in [-0.1, -0.05) is 67.6 Å². The number of amides is 1. The highest BCUT2D eigenvalue weighted by molar-refractivity contribution is 6.31. The van der Waals surface area contributed by atoms with Crippen molar-refractivity contribution in [3.63, 3.8) is 0 Å². The molecule has 132 valence electrons.